The Balaban J connectivity index is 1.66. The fraction of sp³-hybridized carbons (Fsp3) is 0.474. The van der Waals surface area contributed by atoms with E-state index in [0.29, 0.717) is 29.2 Å². The molecule has 25 heavy (non-hydrogen) atoms. The first kappa shape index (κ1) is 16.5. The summed E-state index contributed by atoms with van der Waals surface area (Å²) in [4.78, 5) is 20.5. The number of carbonyl (C=O) groups excluding carboxylic acids is 1. The number of hydrogen-bond acceptors (Lipinski definition) is 5. The van der Waals surface area contributed by atoms with Gasteiger partial charge in [-0.2, -0.15) is 0 Å². The summed E-state index contributed by atoms with van der Waals surface area (Å²) in [6, 6.07) is 9.99. The lowest BCUT2D eigenvalue weighted by Crippen LogP contribution is -2.43. The lowest BCUT2D eigenvalue weighted by Gasteiger charge is -2.27. The van der Waals surface area contributed by atoms with Crippen LogP contribution >= 0.6 is 11.3 Å². The largest absolute Gasteiger partial charge is 0.375 e. The van der Waals surface area contributed by atoms with Crippen LogP contribution in [0.25, 0.3) is 10.4 Å². The quantitative estimate of drug-likeness (QED) is 0.885. The molecule has 1 aromatic heterocycles. The fourth-order valence-electron chi connectivity index (χ4n) is 4.68. The Hall–Kier alpha value is -1.92. The van der Waals surface area contributed by atoms with Crippen LogP contribution in [0.15, 0.2) is 30.3 Å². The third-order valence-corrected chi connectivity index (χ3v) is 6.63. The van der Waals surface area contributed by atoms with Gasteiger partial charge in [0.25, 0.3) is 5.91 Å². The molecule has 2 aliphatic rings. The van der Waals surface area contributed by atoms with Crippen LogP contribution in [0, 0.1) is 17.8 Å². The van der Waals surface area contributed by atoms with E-state index in [9.17, 15) is 4.79 Å². The lowest BCUT2D eigenvalue weighted by molar-refractivity contribution is 0.0711. The number of likely N-dealkylation sites (tertiary alicyclic amines) is 1. The molecule has 0 bridgehead atoms. The van der Waals surface area contributed by atoms with Crippen LogP contribution in [0.3, 0.4) is 0 Å². The minimum Gasteiger partial charge on any atom is -0.375 e. The van der Waals surface area contributed by atoms with Gasteiger partial charge in [0.05, 0.1) is 4.88 Å². The van der Waals surface area contributed by atoms with Crippen LogP contribution in [-0.2, 0) is 0 Å². The number of thiazole rings is 1. The van der Waals surface area contributed by atoms with Gasteiger partial charge in [0.2, 0.25) is 0 Å². The summed E-state index contributed by atoms with van der Waals surface area (Å²) in [6.07, 6.45) is 2.36. The molecule has 4 atom stereocenters. The number of aromatic nitrogens is 1. The van der Waals surface area contributed by atoms with E-state index in [2.05, 4.69) is 11.9 Å². The van der Waals surface area contributed by atoms with Crippen LogP contribution in [0.1, 0.15) is 30.3 Å². The molecule has 1 amide bonds. The van der Waals surface area contributed by atoms with Crippen molar-refractivity contribution in [3.63, 3.8) is 0 Å². The van der Waals surface area contributed by atoms with Crippen molar-refractivity contribution in [3.8, 4) is 10.4 Å². The molecule has 4 N–H and O–H groups in total. The van der Waals surface area contributed by atoms with E-state index in [4.69, 9.17) is 11.5 Å². The van der Waals surface area contributed by atoms with Crippen molar-refractivity contribution in [1.82, 2.24) is 9.88 Å². The van der Waals surface area contributed by atoms with Crippen LogP contribution in [0.5, 0.6) is 0 Å². The first-order valence-electron chi connectivity index (χ1n) is 8.91. The van der Waals surface area contributed by atoms with Crippen molar-refractivity contribution in [2.45, 2.75) is 25.8 Å². The molecule has 1 unspecified atom stereocenters. The molecule has 1 aliphatic carbocycles. The van der Waals surface area contributed by atoms with Gasteiger partial charge in [-0.25, -0.2) is 4.98 Å². The van der Waals surface area contributed by atoms with E-state index in [-0.39, 0.29) is 11.9 Å². The number of rotatable bonds is 3. The first-order chi connectivity index (χ1) is 12.1. The van der Waals surface area contributed by atoms with Crippen LogP contribution in [0.4, 0.5) is 5.13 Å². The number of nitrogens with two attached hydrogens (primary N) is 2. The molecule has 4 rings (SSSR count). The van der Waals surface area contributed by atoms with Crippen LogP contribution in [-0.4, -0.2) is 34.9 Å². The van der Waals surface area contributed by atoms with Gasteiger partial charge in [0.1, 0.15) is 5.69 Å². The maximum Gasteiger partial charge on any atom is 0.274 e. The number of anilines is 1. The molecule has 5 nitrogen and oxygen atoms in total. The van der Waals surface area contributed by atoms with Crippen molar-refractivity contribution < 1.29 is 4.79 Å². The van der Waals surface area contributed by atoms with Gasteiger partial charge in [-0.15, -0.1) is 0 Å². The first-order valence-corrected chi connectivity index (χ1v) is 9.73. The van der Waals surface area contributed by atoms with E-state index >= 15 is 0 Å². The van der Waals surface area contributed by atoms with Crippen molar-refractivity contribution >= 4 is 22.4 Å². The van der Waals surface area contributed by atoms with Gasteiger partial charge in [0, 0.05) is 19.1 Å². The minimum atomic E-state index is -0.0238. The maximum atomic E-state index is 13.3. The Morgan fingerprint density at radius 1 is 1.32 bits per heavy atom. The molecule has 2 heterocycles. The molecule has 0 spiro atoms. The summed E-state index contributed by atoms with van der Waals surface area (Å²) in [6.45, 7) is 3.61. The number of hydrogen-bond donors (Lipinski definition) is 2. The highest BCUT2D eigenvalue weighted by Gasteiger charge is 2.48. The lowest BCUT2D eigenvalue weighted by atomic mass is 9.94. The van der Waals surface area contributed by atoms with E-state index in [1.54, 1.807) is 0 Å². The van der Waals surface area contributed by atoms with Crippen molar-refractivity contribution in [3.05, 3.63) is 36.0 Å². The average molecular weight is 356 g/mol. The van der Waals surface area contributed by atoms with Gasteiger partial charge >= 0.3 is 0 Å². The fourth-order valence-corrected chi connectivity index (χ4v) is 5.51. The second-order valence-electron chi connectivity index (χ2n) is 7.36. The van der Waals surface area contributed by atoms with Gasteiger partial charge in [-0.05, 0) is 36.2 Å². The summed E-state index contributed by atoms with van der Waals surface area (Å²) in [5.74, 6) is 1.81. The highest BCUT2D eigenvalue weighted by atomic mass is 32.1. The maximum absolute atomic E-state index is 13.3. The standard InChI is InChI=1S/C19H24N4OS/c1-11-7-13-10-23(15(9-20)14(13)8-11)18(24)16-17(25-19(21)22-16)12-5-3-2-4-6-12/h2-6,11,13-15H,7-10,20H2,1H3,(H2,21,22)/t11?,13-,14-,15+/m0/s1. The zero-order valence-electron chi connectivity index (χ0n) is 14.4. The summed E-state index contributed by atoms with van der Waals surface area (Å²) >= 11 is 1.37. The molecule has 0 radical (unpaired) electrons. The average Bonchev–Trinajstić information content (AvgIpc) is 3.26. The van der Waals surface area contributed by atoms with Crippen molar-refractivity contribution in [2.75, 3.05) is 18.8 Å². The molecular weight excluding hydrogens is 332 g/mol. The number of benzene rings is 1. The predicted molar refractivity (Wildman–Crippen MR) is 101 cm³/mol. The zero-order valence-corrected chi connectivity index (χ0v) is 15.2. The van der Waals surface area contributed by atoms with Crippen LogP contribution < -0.4 is 11.5 Å². The molecule has 1 aliphatic heterocycles. The second-order valence-corrected chi connectivity index (χ2v) is 8.39. The third-order valence-electron chi connectivity index (χ3n) is 5.70. The Kier molecular flexibility index (Phi) is 4.25. The van der Waals surface area contributed by atoms with Gasteiger partial charge in [0.15, 0.2) is 5.13 Å². The second kappa shape index (κ2) is 6.42. The normalized spacial score (nSPS) is 28.3. The Bertz CT molecular complexity index is 775. The molecule has 2 aromatic rings. The van der Waals surface area contributed by atoms with E-state index < -0.39 is 0 Å². The Morgan fingerprint density at radius 3 is 2.80 bits per heavy atom. The number of amides is 1. The number of fused-ring (bicyclic) bond motifs is 1. The summed E-state index contributed by atoms with van der Waals surface area (Å²) in [7, 11) is 0. The highest BCUT2D eigenvalue weighted by molar-refractivity contribution is 7.19. The van der Waals surface area contributed by atoms with Crippen molar-refractivity contribution in [1.29, 1.82) is 0 Å². The molecule has 6 heteroatoms. The van der Waals surface area contributed by atoms with Gasteiger partial charge in [-0.3, -0.25) is 4.79 Å². The van der Waals surface area contributed by atoms with E-state index in [1.807, 2.05) is 35.2 Å². The van der Waals surface area contributed by atoms with Crippen molar-refractivity contribution in [2.24, 2.45) is 23.5 Å². The summed E-state index contributed by atoms with van der Waals surface area (Å²) in [5, 5.41) is 0.430. The SMILES string of the molecule is CC1C[C@H]2CN(C(=O)c3nc(N)sc3-c3ccccc3)[C@H](CN)[C@H]2C1. The smallest absolute Gasteiger partial charge is 0.274 e. The monoisotopic (exact) mass is 356 g/mol. The predicted octanol–water partition coefficient (Wildman–Crippen LogP) is 2.84. The molecular formula is C19H24N4OS. The molecule has 1 aromatic carbocycles. The minimum absolute atomic E-state index is 0.0238. The highest BCUT2D eigenvalue weighted by Crippen LogP contribution is 2.45. The van der Waals surface area contributed by atoms with Gasteiger partial charge < -0.3 is 16.4 Å². The molecule has 132 valence electrons. The van der Waals surface area contributed by atoms with E-state index in [1.165, 1.54) is 24.2 Å². The van der Waals surface area contributed by atoms with E-state index in [0.717, 1.165) is 22.9 Å². The summed E-state index contributed by atoms with van der Waals surface area (Å²) in [5.41, 5.74) is 13.5. The number of carbonyl (C=O) groups is 1. The Morgan fingerprint density at radius 2 is 2.08 bits per heavy atom. The number of nitrogen functional groups attached to an aromatic ring is 1. The zero-order chi connectivity index (χ0) is 17.6. The molecule has 1 saturated heterocycles. The molecule has 1 saturated carbocycles. The topological polar surface area (TPSA) is 85.2 Å². The van der Waals surface area contributed by atoms with Crippen LogP contribution in [0.2, 0.25) is 0 Å². The number of nitrogens with zero attached hydrogens (tertiary/aromatic N) is 2. The molecule has 2 fully saturated rings. The Labute approximate surface area is 152 Å². The third kappa shape index (κ3) is 2.83. The van der Waals surface area contributed by atoms with Gasteiger partial charge in [-0.1, -0.05) is 48.6 Å². The summed E-state index contributed by atoms with van der Waals surface area (Å²) < 4.78 is 0.